The monoisotopic (exact) mass is 852 g/mol. The van der Waals surface area contributed by atoms with E-state index in [9.17, 15) is 14.1 Å². The smallest absolute Gasteiger partial charge is 0.355 e. The van der Waals surface area contributed by atoms with Gasteiger partial charge in [-0.2, -0.15) is 5.10 Å². The summed E-state index contributed by atoms with van der Waals surface area (Å²) in [4.78, 5) is 26.8. The zero-order valence-electron chi connectivity index (χ0n) is 35.2. The third-order valence-corrected chi connectivity index (χ3v) is 14.2. The standard InChI is InChI=1S/C46H56N6O6S2/c1-30(2)24-45(4)28-46(25-33(23-40(45)46)58-21-20-57-19-17-50(5)18-22-60(55)56)29-52-31(3)36(26-47-52)34-13-14-41(49-42(34)44(53)54)51-16-15-32-9-8-10-35(37(32)27-51)43-48-38-11-6-7-12-39(38)59-43/h6-14,23,26,30,33H,15-22,24-25,27-29H2,1-5H3,(H,53,54)(H,55,56). The summed E-state index contributed by atoms with van der Waals surface area (Å²) >= 11 is -0.0959. The highest BCUT2D eigenvalue weighted by Gasteiger charge is 2.60. The Kier molecular flexibility index (Phi) is 12.4. The SMILES string of the molecule is Cc1c(-c2ccc(N3CCc4cccc(-c5nc6ccccc6s5)c4C3)nc2C(=O)O)cnn1CC12CC(OCCOCCN(C)CCS(=O)O)C=C1C(C)(CC(C)C)C2. The number of allylic oxidation sites excluding steroid dienone is 1. The van der Waals surface area contributed by atoms with E-state index in [4.69, 9.17) is 29.1 Å². The number of benzene rings is 2. The van der Waals surface area contributed by atoms with Crippen LogP contribution < -0.4 is 4.90 Å². The minimum Gasteiger partial charge on any atom is -0.476 e. The van der Waals surface area contributed by atoms with Crippen LogP contribution in [0, 0.1) is 23.7 Å². The number of hydrogen-bond donors (Lipinski definition) is 2. The van der Waals surface area contributed by atoms with Crippen molar-refractivity contribution < 1.29 is 28.1 Å². The van der Waals surface area contributed by atoms with E-state index in [-0.39, 0.29) is 28.4 Å². The molecule has 0 saturated heterocycles. The number of carboxylic acids is 1. The summed E-state index contributed by atoms with van der Waals surface area (Å²) in [6.45, 7) is 13.7. The van der Waals surface area contributed by atoms with Gasteiger partial charge in [0.2, 0.25) is 0 Å². The number of nitrogens with zero attached hydrogens (tertiary/aromatic N) is 6. The first kappa shape index (κ1) is 42.4. The van der Waals surface area contributed by atoms with E-state index in [1.807, 2.05) is 49.2 Å². The molecule has 1 fully saturated rings. The van der Waals surface area contributed by atoms with E-state index in [2.05, 4.69) is 60.7 Å². The Morgan fingerprint density at radius 2 is 1.88 bits per heavy atom. The van der Waals surface area contributed by atoms with Crippen LogP contribution in [0.15, 0.2) is 72.4 Å². The molecule has 2 N–H and O–H groups in total. The molecule has 0 spiro atoms. The third kappa shape index (κ3) is 8.73. The normalized spacial score (nSPS) is 21.6. The summed E-state index contributed by atoms with van der Waals surface area (Å²) in [5, 5.41) is 16.4. The van der Waals surface area contributed by atoms with Crippen LogP contribution in [0.5, 0.6) is 0 Å². The Morgan fingerprint density at radius 1 is 1.05 bits per heavy atom. The van der Waals surface area contributed by atoms with Gasteiger partial charge in [-0.05, 0) is 86.4 Å². The van der Waals surface area contributed by atoms with Crippen LogP contribution in [0.4, 0.5) is 5.82 Å². The number of hydrogen-bond acceptors (Lipinski definition) is 10. The maximum atomic E-state index is 12.9. The van der Waals surface area contributed by atoms with Crippen LogP contribution in [0.25, 0.3) is 31.9 Å². The molecular formula is C46H56N6O6S2. The fraction of sp³-hybridized carbons (Fsp3) is 0.478. The number of fused-ring (bicyclic) bond motifs is 3. The number of thiazole rings is 1. The van der Waals surface area contributed by atoms with Crippen molar-refractivity contribution >= 4 is 44.4 Å². The molecule has 0 bridgehead atoms. The van der Waals surface area contributed by atoms with Crippen molar-refractivity contribution in [2.24, 2.45) is 16.7 Å². The number of para-hydroxylation sites is 1. The first-order valence-electron chi connectivity index (χ1n) is 21.0. The number of ether oxygens (including phenoxy) is 2. The Balaban J connectivity index is 0.964. The highest BCUT2D eigenvalue weighted by molar-refractivity contribution is 7.79. The summed E-state index contributed by atoms with van der Waals surface area (Å²) in [6.07, 6.45) is 7.95. The quantitative estimate of drug-likeness (QED) is 0.0502. The number of aromatic nitrogens is 4. The highest BCUT2D eigenvalue weighted by Crippen LogP contribution is 2.67. The number of likely N-dealkylation sites (N-methyl/N-ethyl adjacent to an activating group) is 1. The molecular weight excluding hydrogens is 797 g/mol. The van der Waals surface area contributed by atoms with Gasteiger partial charge >= 0.3 is 5.97 Å². The molecule has 8 rings (SSSR count). The van der Waals surface area contributed by atoms with Crippen molar-refractivity contribution in [2.75, 3.05) is 57.2 Å². The molecule has 60 heavy (non-hydrogen) atoms. The van der Waals surface area contributed by atoms with Crippen molar-refractivity contribution in [3.63, 3.8) is 0 Å². The second-order valence-electron chi connectivity index (χ2n) is 17.5. The van der Waals surface area contributed by atoms with Crippen molar-refractivity contribution in [3.05, 3.63) is 95.0 Å². The maximum absolute atomic E-state index is 12.9. The van der Waals surface area contributed by atoms with E-state index in [0.717, 1.165) is 64.3 Å². The molecule has 0 radical (unpaired) electrons. The Hall–Kier alpha value is -4.31. The summed E-state index contributed by atoms with van der Waals surface area (Å²) in [5.74, 6) is 0.362. The van der Waals surface area contributed by atoms with E-state index in [1.165, 1.54) is 16.7 Å². The largest absolute Gasteiger partial charge is 0.476 e. The molecule has 1 saturated carbocycles. The van der Waals surface area contributed by atoms with Gasteiger partial charge in [-0.15, -0.1) is 11.3 Å². The molecule has 318 valence electrons. The van der Waals surface area contributed by atoms with Crippen LogP contribution in [-0.4, -0.2) is 103 Å². The van der Waals surface area contributed by atoms with Gasteiger partial charge in [0.05, 0.1) is 54.6 Å². The van der Waals surface area contributed by atoms with E-state index in [0.29, 0.717) is 63.3 Å². The highest BCUT2D eigenvalue weighted by atomic mass is 32.2. The van der Waals surface area contributed by atoms with E-state index >= 15 is 0 Å². The third-order valence-electron chi connectivity index (χ3n) is 12.6. The average Bonchev–Trinajstić information content (AvgIpc) is 3.90. The first-order chi connectivity index (χ1) is 28.8. The molecule has 3 aliphatic rings. The maximum Gasteiger partial charge on any atom is 0.355 e. The minimum atomic E-state index is -1.79. The molecule has 3 aromatic heterocycles. The van der Waals surface area contributed by atoms with Gasteiger partial charge in [-0.25, -0.2) is 19.0 Å². The van der Waals surface area contributed by atoms with Gasteiger partial charge in [0.1, 0.15) is 10.8 Å². The lowest BCUT2D eigenvalue weighted by atomic mass is 9.48. The van der Waals surface area contributed by atoms with Gasteiger partial charge < -0.3 is 28.9 Å². The number of carboxylic acid groups (broad SMARTS) is 1. The van der Waals surface area contributed by atoms with Gasteiger partial charge in [0, 0.05) is 54.0 Å². The zero-order chi connectivity index (χ0) is 42.2. The number of anilines is 1. The predicted molar refractivity (Wildman–Crippen MR) is 238 cm³/mol. The second kappa shape index (κ2) is 17.6. The first-order valence-corrected chi connectivity index (χ1v) is 23.1. The fourth-order valence-electron chi connectivity index (χ4n) is 10.1. The summed E-state index contributed by atoms with van der Waals surface area (Å²) in [5.41, 5.74) is 8.33. The van der Waals surface area contributed by atoms with Gasteiger partial charge in [0.25, 0.3) is 0 Å². The Bertz CT molecular complexity index is 2400. The second-order valence-corrected chi connectivity index (χ2v) is 19.6. The van der Waals surface area contributed by atoms with Crippen molar-refractivity contribution in [3.8, 4) is 21.7 Å². The molecule has 0 amide bonds. The molecule has 2 aliphatic carbocycles. The lowest BCUT2D eigenvalue weighted by molar-refractivity contribution is -0.0113. The van der Waals surface area contributed by atoms with Crippen LogP contribution in [0.3, 0.4) is 0 Å². The Labute approximate surface area is 358 Å². The van der Waals surface area contributed by atoms with Gasteiger partial charge in [-0.1, -0.05) is 62.8 Å². The zero-order valence-corrected chi connectivity index (χ0v) is 36.9. The molecule has 4 unspecified atom stereocenters. The molecule has 12 nitrogen and oxygen atoms in total. The van der Waals surface area contributed by atoms with E-state index in [1.54, 1.807) is 17.5 Å². The number of carbonyl (C=O) groups is 1. The van der Waals surface area contributed by atoms with Crippen molar-refractivity contribution in [1.29, 1.82) is 0 Å². The Morgan fingerprint density at radius 3 is 2.67 bits per heavy atom. The minimum absolute atomic E-state index is 0.0236. The molecule has 1 aliphatic heterocycles. The summed E-state index contributed by atoms with van der Waals surface area (Å²) in [6, 6.07) is 18.5. The van der Waals surface area contributed by atoms with Gasteiger partial charge in [-0.3, -0.25) is 4.68 Å². The topological polar surface area (TPSA) is 143 Å². The van der Waals surface area contributed by atoms with Crippen LogP contribution in [0.1, 0.15) is 67.3 Å². The average molecular weight is 853 g/mol. The van der Waals surface area contributed by atoms with Gasteiger partial charge in [0.15, 0.2) is 16.8 Å². The molecule has 4 heterocycles. The van der Waals surface area contributed by atoms with Crippen LogP contribution in [0.2, 0.25) is 0 Å². The van der Waals surface area contributed by atoms with E-state index < -0.39 is 17.0 Å². The fourth-order valence-corrected chi connectivity index (χ4v) is 11.6. The summed E-state index contributed by atoms with van der Waals surface area (Å²) in [7, 11) is 1.92. The van der Waals surface area contributed by atoms with Crippen LogP contribution in [-0.2, 0) is 40.1 Å². The summed E-state index contributed by atoms with van der Waals surface area (Å²) < 4.78 is 35.4. The number of pyridine rings is 1. The number of aromatic carboxylic acids is 1. The molecule has 14 heteroatoms. The number of rotatable bonds is 18. The lowest BCUT2D eigenvalue weighted by Crippen LogP contribution is -2.49. The van der Waals surface area contributed by atoms with Crippen molar-refractivity contribution in [1.82, 2.24) is 24.6 Å². The molecule has 2 aromatic carbocycles. The molecule has 5 aromatic rings. The van der Waals surface area contributed by atoms with Crippen LogP contribution >= 0.6 is 11.3 Å². The predicted octanol–water partition coefficient (Wildman–Crippen LogP) is 8.12. The lowest BCUT2D eigenvalue weighted by Gasteiger charge is -2.56. The van der Waals surface area contributed by atoms with Crippen molar-refractivity contribution in [2.45, 2.75) is 72.6 Å². The molecule has 4 atom stereocenters.